The molecule has 0 spiro atoms. The van der Waals surface area contributed by atoms with Crippen LogP contribution in [-0.4, -0.2) is 18.2 Å². The highest BCUT2D eigenvalue weighted by Gasteiger charge is 2.06. The Morgan fingerprint density at radius 1 is 0.477 bits per heavy atom. The fourth-order valence-electron chi connectivity index (χ4n) is 5.79. The van der Waals surface area contributed by atoms with E-state index < -0.39 is 0 Å². The van der Waals surface area contributed by atoms with E-state index >= 15 is 0 Å². The summed E-state index contributed by atoms with van der Waals surface area (Å²) in [5.74, 6) is 1.84. The summed E-state index contributed by atoms with van der Waals surface area (Å²) < 4.78 is 12.5. The lowest BCUT2D eigenvalue weighted by molar-refractivity contribution is 0.289. The third-order valence-corrected chi connectivity index (χ3v) is 8.67. The van der Waals surface area contributed by atoms with Gasteiger partial charge in [-0.15, -0.1) is 0 Å². The van der Waals surface area contributed by atoms with Crippen molar-refractivity contribution in [2.45, 2.75) is 168 Å². The maximum atomic E-state index is 6.33. The molecule has 3 heteroatoms. The van der Waals surface area contributed by atoms with Gasteiger partial charge in [0.15, 0.2) is 0 Å². The molecule has 0 unspecified atom stereocenters. The van der Waals surface area contributed by atoms with Gasteiger partial charge in [0.05, 0.1) is 13.2 Å². The van der Waals surface area contributed by atoms with Gasteiger partial charge in [0, 0.05) is 24.0 Å². The maximum Gasteiger partial charge on any atom is 0.130 e. The van der Waals surface area contributed by atoms with Crippen molar-refractivity contribution in [3.8, 4) is 11.5 Å². The van der Waals surface area contributed by atoms with Gasteiger partial charge in [-0.05, 0) is 42.7 Å². The van der Waals surface area contributed by atoms with Crippen molar-refractivity contribution in [2.24, 2.45) is 0 Å². The van der Waals surface area contributed by atoms with E-state index in [1.165, 1.54) is 141 Å². The zero-order valence-corrected chi connectivity index (χ0v) is 28.8. The largest absolute Gasteiger partial charge is 0.493 e. The highest BCUT2D eigenvalue weighted by atomic mass is 16.5. The van der Waals surface area contributed by atoms with Gasteiger partial charge in [0.2, 0.25) is 0 Å². The predicted molar refractivity (Wildman–Crippen MR) is 193 cm³/mol. The van der Waals surface area contributed by atoms with Gasteiger partial charge in [-0.1, -0.05) is 167 Å². The van der Waals surface area contributed by atoms with Crippen LogP contribution in [0.25, 0.3) is 12.2 Å². The number of ether oxygens (including phenoxy) is 2. The molecule has 0 aliphatic carbocycles. The molecule has 1 aromatic heterocycles. The number of benzene rings is 1. The Labute approximate surface area is 272 Å². The molecule has 0 atom stereocenters. The van der Waals surface area contributed by atoms with Gasteiger partial charge < -0.3 is 9.47 Å². The first-order valence-electron chi connectivity index (χ1n) is 18.8. The topological polar surface area (TPSA) is 31.4 Å². The first-order chi connectivity index (χ1) is 21.8. The van der Waals surface area contributed by atoms with E-state index in [1.54, 1.807) is 0 Å². The minimum absolute atomic E-state index is 0.760. The Hall–Kier alpha value is -2.29. The third-order valence-electron chi connectivity index (χ3n) is 8.67. The molecule has 44 heavy (non-hydrogen) atoms. The molecule has 248 valence electrons. The summed E-state index contributed by atoms with van der Waals surface area (Å²) in [4.78, 5) is 4.13. The third kappa shape index (κ3) is 20.6. The summed E-state index contributed by atoms with van der Waals surface area (Å²) in [5.41, 5.74) is 2.23. The lowest BCUT2D eigenvalue weighted by atomic mass is 10.1. The minimum atomic E-state index is 0.760. The summed E-state index contributed by atoms with van der Waals surface area (Å²) >= 11 is 0. The molecule has 3 nitrogen and oxygen atoms in total. The summed E-state index contributed by atoms with van der Waals surface area (Å²) in [6.07, 6.45) is 40.5. The number of nitrogens with zero attached hydrogens (tertiary/aromatic N) is 1. The predicted octanol–water partition coefficient (Wildman–Crippen LogP) is 13.4. The SMILES string of the molecule is CCCCCCCCCCCCCCOc1ccc(/C=C/c2ccncc2)c(OCCCCCCCCCCCCCC)c1. The van der Waals surface area contributed by atoms with Crippen LogP contribution >= 0.6 is 0 Å². The van der Waals surface area contributed by atoms with Crippen LogP contribution in [0.1, 0.15) is 179 Å². The molecule has 0 radical (unpaired) electrons. The zero-order chi connectivity index (χ0) is 31.2. The standard InChI is InChI=1S/C41H67NO2/c1-3-5-7-9-11-13-15-17-19-21-23-25-35-43-40-30-29-39(28-27-38-31-33-42-34-32-38)41(37-40)44-36-26-24-22-20-18-16-14-12-10-8-6-4-2/h27-34,37H,3-26,35-36H2,1-2H3/b28-27+. The van der Waals surface area contributed by atoms with Crippen LogP contribution in [0.2, 0.25) is 0 Å². The molecule has 0 amide bonds. The average molecular weight is 606 g/mol. The smallest absolute Gasteiger partial charge is 0.130 e. The van der Waals surface area contributed by atoms with Crippen molar-refractivity contribution in [1.82, 2.24) is 4.98 Å². The van der Waals surface area contributed by atoms with Crippen molar-refractivity contribution in [2.75, 3.05) is 13.2 Å². The fraction of sp³-hybridized carbons (Fsp3) is 0.683. The van der Waals surface area contributed by atoms with Crippen molar-refractivity contribution in [3.05, 3.63) is 53.9 Å². The van der Waals surface area contributed by atoms with Crippen LogP contribution in [0.4, 0.5) is 0 Å². The quantitative estimate of drug-likeness (QED) is 0.0830. The molecule has 0 saturated carbocycles. The number of unbranched alkanes of at least 4 members (excludes halogenated alkanes) is 22. The summed E-state index contributed by atoms with van der Waals surface area (Å²) in [7, 11) is 0. The molecular weight excluding hydrogens is 538 g/mol. The monoisotopic (exact) mass is 606 g/mol. The fourth-order valence-corrected chi connectivity index (χ4v) is 5.79. The molecule has 0 aliphatic rings. The maximum absolute atomic E-state index is 6.33. The van der Waals surface area contributed by atoms with Gasteiger partial charge >= 0.3 is 0 Å². The zero-order valence-electron chi connectivity index (χ0n) is 28.8. The Bertz CT molecular complexity index is 925. The van der Waals surface area contributed by atoms with Crippen molar-refractivity contribution in [1.29, 1.82) is 0 Å². The van der Waals surface area contributed by atoms with Gasteiger partial charge in [-0.2, -0.15) is 0 Å². The minimum Gasteiger partial charge on any atom is -0.493 e. The molecule has 0 fully saturated rings. The molecule has 1 aromatic carbocycles. The normalized spacial score (nSPS) is 11.4. The van der Waals surface area contributed by atoms with Gasteiger partial charge in [-0.25, -0.2) is 0 Å². The van der Waals surface area contributed by atoms with Gasteiger partial charge in [0.1, 0.15) is 11.5 Å². The number of aromatic nitrogens is 1. The number of hydrogen-bond donors (Lipinski definition) is 0. The van der Waals surface area contributed by atoms with Crippen molar-refractivity contribution in [3.63, 3.8) is 0 Å². The number of hydrogen-bond acceptors (Lipinski definition) is 3. The van der Waals surface area contributed by atoms with E-state index in [4.69, 9.17) is 9.47 Å². The lowest BCUT2D eigenvalue weighted by Crippen LogP contribution is -2.01. The van der Waals surface area contributed by atoms with Gasteiger partial charge in [-0.3, -0.25) is 4.98 Å². The molecule has 0 aliphatic heterocycles. The van der Waals surface area contributed by atoms with Crippen LogP contribution in [0.3, 0.4) is 0 Å². The highest BCUT2D eigenvalue weighted by molar-refractivity contribution is 5.72. The second-order valence-corrected chi connectivity index (χ2v) is 12.8. The van der Waals surface area contributed by atoms with Gasteiger partial charge in [0.25, 0.3) is 0 Å². The molecule has 2 aromatic rings. The molecule has 0 saturated heterocycles. The first kappa shape index (κ1) is 37.9. The Balaban J connectivity index is 1.65. The van der Waals surface area contributed by atoms with Crippen LogP contribution in [0.5, 0.6) is 11.5 Å². The van der Waals surface area contributed by atoms with E-state index in [1.807, 2.05) is 24.5 Å². The summed E-state index contributed by atoms with van der Waals surface area (Å²) in [6.45, 7) is 6.12. The Kier molecular flexibility index (Phi) is 24.3. The van der Waals surface area contributed by atoms with E-state index in [9.17, 15) is 0 Å². The molecule has 0 N–H and O–H groups in total. The lowest BCUT2D eigenvalue weighted by Gasteiger charge is -2.13. The molecular formula is C41H67NO2. The Morgan fingerprint density at radius 3 is 1.39 bits per heavy atom. The van der Waals surface area contributed by atoms with Crippen LogP contribution < -0.4 is 9.47 Å². The second-order valence-electron chi connectivity index (χ2n) is 12.8. The molecule has 1 heterocycles. The first-order valence-corrected chi connectivity index (χ1v) is 18.8. The number of rotatable bonds is 30. The van der Waals surface area contributed by atoms with E-state index in [-0.39, 0.29) is 0 Å². The molecule has 0 bridgehead atoms. The van der Waals surface area contributed by atoms with Crippen LogP contribution in [0.15, 0.2) is 42.7 Å². The molecule has 2 rings (SSSR count). The highest BCUT2D eigenvalue weighted by Crippen LogP contribution is 2.28. The summed E-state index contributed by atoms with van der Waals surface area (Å²) in [6, 6.07) is 10.4. The average Bonchev–Trinajstić information content (AvgIpc) is 3.05. The van der Waals surface area contributed by atoms with Crippen LogP contribution in [-0.2, 0) is 0 Å². The number of pyridine rings is 1. The van der Waals surface area contributed by atoms with E-state index in [0.717, 1.165) is 48.7 Å². The second kappa shape index (κ2) is 28.2. The van der Waals surface area contributed by atoms with E-state index in [2.05, 4.69) is 49.2 Å². The van der Waals surface area contributed by atoms with Crippen molar-refractivity contribution >= 4 is 12.2 Å². The Morgan fingerprint density at radius 2 is 0.909 bits per heavy atom. The van der Waals surface area contributed by atoms with E-state index in [0.29, 0.717) is 0 Å². The van der Waals surface area contributed by atoms with Crippen molar-refractivity contribution < 1.29 is 9.47 Å². The van der Waals surface area contributed by atoms with Crippen LogP contribution in [0, 0.1) is 0 Å². The summed E-state index contributed by atoms with van der Waals surface area (Å²) in [5, 5.41) is 0.